The molecule has 1 aliphatic heterocycles. The average Bonchev–Trinajstić information content (AvgIpc) is 2.30. The standard InChI is InChI=1S/C11H15BrNPS2/c12-10-6-2-3-7-11(10)14(15,16)13-8-4-1-5-9-13/h2-3,6-7H,1,4-5,8-9H2,(H,15,16). The second-order valence-electron chi connectivity index (χ2n) is 4.01. The number of rotatable bonds is 2. The quantitative estimate of drug-likeness (QED) is 0.646. The van der Waals surface area contributed by atoms with E-state index in [9.17, 15) is 0 Å². The third-order valence-electron chi connectivity index (χ3n) is 2.88. The maximum atomic E-state index is 5.79. The van der Waals surface area contributed by atoms with Crippen molar-refractivity contribution >= 4 is 50.7 Å². The zero-order chi connectivity index (χ0) is 11.6. The first kappa shape index (κ1) is 13.1. The maximum absolute atomic E-state index is 5.79. The van der Waals surface area contributed by atoms with Gasteiger partial charge in [-0.2, -0.15) is 0 Å². The van der Waals surface area contributed by atoms with Crippen LogP contribution < -0.4 is 5.30 Å². The third kappa shape index (κ3) is 2.73. The van der Waals surface area contributed by atoms with Gasteiger partial charge in [0, 0.05) is 22.9 Å². The molecule has 1 unspecified atom stereocenters. The summed E-state index contributed by atoms with van der Waals surface area (Å²) in [5.41, 5.74) is 0. The van der Waals surface area contributed by atoms with Gasteiger partial charge in [0.25, 0.3) is 0 Å². The smallest absolute Gasteiger partial charge is 0.0934 e. The minimum Gasteiger partial charge on any atom is -0.264 e. The van der Waals surface area contributed by atoms with E-state index in [1.165, 1.54) is 24.6 Å². The molecule has 1 aromatic rings. The molecule has 0 radical (unpaired) electrons. The van der Waals surface area contributed by atoms with Gasteiger partial charge in [0.15, 0.2) is 0 Å². The Kier molecular flexibility index (Phi) is 4.53. The third-order valence-corrected chi connectivity index (χ3v) is 8.75. The molecule has 2 rings (SSSR count). The van der Waals surface area contributed by atoms with E-state index in [2.05, 4.69) is 32.7 Å². The molecule has 1 heterocycles. The van der Waals surface area contributed by atoms with Crippen molar-refractivity contribution in [3.05, 3.63) is 28.7 Å². The highest BCUT2D eigenvalue weighted by molar-refractivity contribution is 9.10. The topological polar surface area (TPSA) is 3.24 Å². The van der Waals surface area contributed by atoms with E-state index < -0.39 is 5.39 Å². The van der Waals surface area contributed by atoms with E-state index >= 15 is 0 Å². The minimum atomic E-state index is -1.84. The number of hydrogen-bond donors (Lipinski definition) is 1. The van der Waals surface area contributed by atoms with Crippen LogP contribution in [0.1, 0.15) is 19.3 Å². The Balaban J connectivity index is 2.30. The van der Waals surface area contributed by atoms with Crippen LogP contribution >= 0.6 is 33.6 Å². The Morgan fingerprint density at radius 2 is 1.81 bits per heavy atom. The number of benzene rings is 1. The summed E-state index contributed by atoms with van der Waals surface area (Å²) >= 11 is 14.2. The highest BCUT2D eigenvalue weighted by atomic mass is 79.9. The molecule has 1 aliphatic rings. The molecule has 1 aromatic carbocycles. The van der Waals surface area contributed by atoms with Gasteiger partial charge in [-0.1, -0.05) is 52.4 Å². The molecule has 0 bridgehead atoms. The molecule has 1 fully saturated rings. The Hall–Kier alpha value is 0.660. The van der Waals surface area contributed by atoms with Crippen molar-refractivity contribution in [3.8, 4) is 0 Å². The maximum Gasteiger partial charge on any atom is 0.0934 e. The van der Waals surface area contributed by atoms with E-state index in [4.69, 9.17) is 24.1 Å². The lowest BCUT2D eigenvalue weighted by Gasteiger charge is -2.35. The fourth-order valence-corrected chi connectivity index (χ4v) is 7.60. The van der Waals surface area contributed by atoms with Crippen LogP contribution in [0.5, 0.6) is 0 Å². The summed E-state index contributed by atoms with van der Waals surface area (Å²) < 4.78 is 3.49. The van der Waals surface area contributed by atoms with Crippen molar-refractivity contribution in [3.63, 3.8) is 0 Å². The monoisotopic (exact) mass is 335 g/mol. The first-order chi connectivity index (χ1) is 7.62. The van der Waals surface area contributed by atoms with Gasteiger partial charge in [-0.25, -0.2) is 0 Å². The van der Waals surface area contributed by atoms with Crippen molar-refractivity contribution in [1.82, 2.24) is 4.67 Å². The van der Waals surface area contributed by atoms with Gasteiger partial charge in [0.1, 0.15) is 0 Å². The van der Waals surface area contributed by atoms with Crippen LogP contribution in [0.15, 0.2) is 28.7 Å². The van der Waals surface area contributed by atoms with Crippen molar-refractivity contribution in [2.24, 2.45) is 0 Å². The van der Waals surface area contributed by atoms with E-state index in [1.807, 2.05) is 12.1 Å². The number of thiol groups is 1. The highest BCUT2D eigenvalue weighted by Crippen LogP contribution is 2.55. The Labute approximate surface area is 116 Å². The summed E-state index contributed by atoms with van der Waals surface area (Å²) in [6.45, 7) is 2.20. The summed E-state index contributed by atoms with van der Waals surface area (Å²) in [5.74, 6) is 0. The summed E-state index contributed by atoms with van der Waals surface area (Å²) in [6.07, 6.45) is 3.84. The van der Waals surface area contributed by atoms with Crippen molar-refractivity contribution in [1.29, 1.82) is 0 Å². The molecule has 0 amide bonds. The molecular formula is C11H15BrNPS2. The minimum absolute atomic E-state index is 1.10. The molecule has 1 saturated heterocycles. The van der Waals surface area contributed by atoms with Gasteiger partial charge in [-0.15, -0.1) is 12.2 Å². The van der Waals surface area contributed by atoms with Gasteiger partial charge in [0.05, 0.1) is 5.39 Å². The van der Waals surface area contributed by atoms with E-state index in [0.717, 1.165) is 17.6 Å². The van der Waals surface area contributed by atoms with Crippen LogP contribution in [-0.2, 0) is 11.8 Å². The Bertz CT molecular complexity index is 418. The predicted octanol–water partition coefficient (Wildman–Crippen LogP) is 3.80. The van der Waals surface area contributed by atoms with Gasteiger partial charge < -0.3 is 0 Å². The first-order valence-electron chi connectivity index (χ1n) is 5.45. The van der Waals surface area contributed by atoms with Crippen LogP contribution in [0.25, 0.3) is 0 Å². The van der Waals surface area contributed by atoms with Gasteiger partial charge in [0.2, 0.25) is 0 Å². The largest absolute Gasteiger partial charge is 0.264 e. The van der Waals surface area contributed by atoms with Gasteiger partial charge in [-0.05, 0) is 18.9 Å². The van der Waals surface area contributed by atoms with E-state index in [-0.39, 0.29) is 0 Å². The molecular weight excluding hydrogens is 321 g/mol. The fraction of sp³-hybridized carbons (Fsp3) is 0.455. The zero-order valence-electron chi connectivity index (χ0n) is 8.97. The normalized spacial score (nSPS) is 21.6. The Morgan fingerprint density at radius 1 is 1.19 bits per heavy atom. The van der Waals surface area contributed by atoms with Crippen LogP contribution in [0.3, 0.4) is 0 Å². The number of halogens is 1. The zero-order valence-corrected chi connectivity index (χ0v) is 13.2. The average molecular weight is 336 g/mol. The summed E-state index contributed by atoms with van der Waals surface area (Å²) in [7, 11) is 0. The molecule has 0 saturated carbocycles. The molecule has 0 aliphatic carbocycles. The molecule has 0 spiro atoms. The van der Waals surface area contributed by atoms with Crippen molar-refractivity contribution in [2.45, 2.75) is 19.3 Å². The Morgan fingerprint density at radius 3 is 2.44 bits per heavy atom. The van der Waals surface area contributed by atoms with Gasteiger partial charge >= 0.3 is 0 Å². The summed E-state index contributed by atoms with van der Waals surface area (Å²) in [6, 6.07) is 8.22. The molecule has 5 heteroatoms. The number of hydrogen-bond acceptors (Lipinski definition) is 1. The summed E-state index contributed by atoms with van der Waals surface area (Å²) in [5, 5.41) is -0.654. The molecule has 16 heavy (non-hydrogen) atoms. The first-order valence-corrected chi connectivity index (χ1v) is 10.2. The molecule has 88 valence electrons. The van der Waals surface area contributed by atoms with Crippen LogP contribution in [0.4, 0.5) is 0 Å². The SMILES string of the molecule is S=P(S)(c1ccccc1Br)N1CCCCC1. The van der Waals surface area contributed by atoms with Crippen molar-refractivity contribution in [2.75, 3.05) is 13.1 Å². The lowest BCUT2D eigenvalue weighted by Crippen LogP contribution is -2.29. The molecule has 0 aromatic heterocycles. The van der Waals surface area contributed by atoms with Crippen molar-refractivity contribution < 1.29 is 0 Å². The van der Waals surface area contributed by atoms with Gasteiger partial charge in [-0.3, -0.25) is 4.67 Å². The molecule has 0 N–H and O–H groups in total. The van der Waals surface area contributed by atoms with Crippen LogP contribution in [0.2, 0.25) is 0 Å². The second-order valence-corrected chi connectivity index (χ2v) is 11.1. The fourth-order valence-electron chi connectivity index (χ4n) is 1.99. The lowest BCUT2D eigenvalue weighted by molar-refractivity contribution is 0.375. The second kappa shape index (κ2) is 5.53. The lowest BCUT2D eigenvalue weighted by atomic mass is 10.2. The molecule has 1 atom stereocenters. The molecule has 1 nitrogen and oxygen atoms in total. The van der Waals surface area contributed by atoms with Crippen LogP contribution in [-0.4, -0.2) is 17.8 Å². The number of nitrogens with zero attached hydrogens (tertiary/aromatic N) is 1. The number of piperidine rings is 1. The van der Waals surface area contributed by atoms with E-state index in [1.54, 1.807) is 0 Å². The summed E-state index contributed by atoms with van der Waals surface area (Å²) in [4.78, 5) is 0. The van der Waals surface area contributed by atoms with Crippen LogP contribution in [0, 0.1) is 0 Å². The highest BCUT2D eigenvalue weighted by Gasteiger charge is 2.26. The predicted molar refractivity (Wildman–Crippen MR) is 82.5 cm³/mol. The van der Waals surface area contributed by atoms with E-state index in [0.29, 0.717) is 0 Å².